The predicted octanol–water partition coefficient (Wildman–Crippen LogP) is 4.48. The molecule has 1 fully saturated rings. The van der Waals surface area contributed by atoms with Crippen LogP contribution < -0.4 is 5.32 Å². The summed E-state index contributed by atoms with van der Waals surface area (Å²) in [4.78, 5) is 0. The van der Waals surface area contributed by atoms with Gasteiger partial charge in [0.2, 0.25) is 0 Å². The molecule has 1 aliphatic carbocycles. The molecule has 0 aromatic heterocycles. The molecule has 1 aliphatic rings. The van der Waals surface area contributed by atoms with Crippen molar-refractivity contribution in [1.29, 1.82) is 0 Å². The molecule has 0 amide bonds. The Kier molecular flexibility index (Phi) is 5.59. The summed E-state index contributed by atoms with van der Waals surface area (Å²) >= 11 is 0. The first-order valence-corrected chi connectivity index (χ1v) is 8.04. The normalized spacial score (nSPS) is 23.2. The topological polar surface area (TPSA) is 12.0 Å². The molecule has 0 saturated heterocycles. The van der Waals surface area contributed by atoms with Gasteiger partial charge in [0.25, 0.3) is 0 Å². The number of nitrogens with one attached hydrogen (secondary N) is 1. The zero-order valence-electron chi connectivity index (χ0n) is 13.1. The van der Waals surface area contributed by atoms with E-state index in [4.69, 9.17) is 0 Å². The second kappa shape index (κ2) is 7.21. The Bertz CT molecular complexity index is 419. The molecule has 2 heteroatoms. The Labute approximate surface area is 123 Å². The van der Waals surface area contributed by atoms with Crippen LogP contribution in [0.25, 0.3) is 0 Å². The van der Waals surface area contributed by atoms with E-state index in [1.807, 2.05) is 13.0 Å². The van der Waals surface area contributed by atoms with Crippen molar-refractivity contribution in [3.63, 3.8) is 0 Å². The third kappa shape index (κ3) is 4.31. The Morgan fingerprint density at radius 2 is 1.90 bits per heavy atom. The van der Waals surface area contributed by atoms with Crippen molar-refractivity contribution >= 4 is 0 Å². The van der Waals surface area contributed by atoms with Crippen molar-refractivity contribution in [2.75, 3.05) is 6.54 Å². The van der Waals surface area contributed by atoms with E-state index in [0.717, 1.165) is 30.4 Å². The summed E-state index contributed by atoms with van der Waals surface area (Å²) in [7, 11) is 0. The molecule has 1 N–H and O–H groups in total. The Morgan fingerprint density at radius 3 is 2.50 bits per heavy atom. The standard InChI is InChI=1S/C18H28FN/c1-13(2)15-5-8-18(9-6-15)20-11-10-16-4-7-17(19)12-14(16)3/h4,7,12-13,15,18,20H,5-6,8-11H2,1-3H3. The third-order valence-electron chi connectivity index (χ3n) is 4.85. The van der Waals surface area contributed by atoms with Gasteiger partial charge in [0.1, 0.15) is 5.82 Å². The molecule has 0 unspecified atom stereocenters. The largest absolute Gasteiger partial charge is 0.314 e. The van der Waals surface area contributed by atoms with Gasteiger partial charge in [-0.2, -0.15) is 0 Å². The minimum absolute atomic E-state index is 0.133. The lowest BCUT2D eigenvalue weighted by atomic mass is 9.80. The fraction of sp³-hybridized carbons (Fsp3) is 0.667. The van der Waals surface area contributed by atoms with E-state index in [0.29, 0.717) is 6.04 Å². The summed E-state index contributed by atoms with van der Waals surface area (Å²) in [5.41, 5.74) is 2.32. The molecule has 1 nitrogen and oxygen atoms in total. The van der Waals surface area contributed by atoms with Gasteiger partial charge in [0.05, 0.1) is 0 Å². The quantitative estimate of drug-likeness (QED) is 0.836. The number of rotatable bonds is 5. The van der Waals surface area contributed by atoms with Crippen LogP contribution in [-0.2, 0) is 6.42 Å². The van der Waals surface area contributed by atoms with Crippen LogP contribution in [-0.4, -0.2) is 12.6 Å². The molecule has 2 rings (SSSR count). The molecule has 0 atom stereocenters. The van der Waals surface area contributed by atoms with Crippen LogP contribution in [0.1, 0.15) is 50.7 Å². The highest BCUT2D eigenvalue weighted by atomic mass is 19.1. The van der Waals surface area contributed by atoms with E-state index < -0.39 is 0 Å². The number of halogens is 1. The predicted molar refractivity (Wildman–Crippen MR) is 83.4 cm³/mol. The third-order valence-corrected chi connectivity index (χ3v) is 4.85. The molecular formula is C18H28FN. The monoisotopic (exact) mass is 277 g/mol. The van der Waals surface area contributed by atoms with Crippen LogP contribution in [0, 0.1) is 24.6 Å². The lowest BCUT2D eigenvalue weighted by molar-refractivity contribution is 0.239. The fourth-order valence-electron chi connectivity index (χ4n) is 3.34. The maximum absolute atomic E-state index is 13.0. The van der Waals surface area contributed by atoms with Crippen LogP contribution in [0.4, 0.5) is 4.39 Å². The zero-order chi connectivity index (χ0) is 14.5. The van der Waals surface area contributed by atoms with Crippen LogP contribution >= 0.6 is 0 Å². The second-order valence-electron chi connectivity index (χ2n) is 6.63. The van der Waals surface area contributed by atoms with Crippen molar-refractivity contribution in [2.24, 2.45) is 11.8 Å². The fourth-order valence-corrected chi connectivity index (χ4v) is 3.34. The highest BCUT2D eigenvalue weighted by molar-refractivity contribution is 5.26. The summed E-state index contributed by atoms with van der Waals surface area (Å²) in [5, 5.41) is 3.68. The highest BCUT2D eigenvalue weighted by Gasteiger charge is 2.22. The molecule has 20 heavy (non-hydrogen) atoms. The van der Waals surface area contributed by atoms with E-state index in [9.17, 15) is 4.39 Å². The number of hydrogen-bond donors (Lipinski definition) is 1. The summed E-state index contributed by atoms with van der Waals surface area (Å²) in [6.45, 7) is 7.68. The maximum Gasteiger partial charge on any atom is 0.123 e. The molecule has 1 aromatic carbocycles. The number of benzene rings is 1. The van der Waals surface area contributed by atoms with Gasteiger partial charge >= 0.3 is 0 Å². The highest BCUT2D eigenvalue weighted by Crippen LogP contribution is 2.29. The van der Waals surface area contributed by atoms with Gasteiger partial charge in [0.15, 0.2) is 0 Å². The maximum atomic E-state index is 13.0. The Hall–Kier alpha value is -0.890. The van der Waals surface area contributed by atoms with Crippen molar-refractivity contribution in [3.8, 4) is 0 Å². The average molecular weight is 277 g/mol. The molecule has 0 heterocycles. The average Bonchev–Trinajstić information content (AvgIpc) is 2.42. The van der Waals surface area contributed by atoms with Gasteiger partial charge in [-0.15, -0.1) is 0 Å². The van der Waals surface area contributed by atoms with Crippen molar-refractivity contribution in [2.45, 2.75) is 58.9 Å². The van der Waals surface area contributed by atoms with Crippen LogP contribution in [0.2, 0.25) is 0 Å². The first-order chi connectivity index (χ1) is 9.56. The molecule has 0 aliphatic heterocycles. The summed E-state index contributed by atoms with van der Waals surface area (Å²) in [6.07, 6.45) is 6.35. The molecule has 1 aromatic rings. The Morgan fingerprint density at radius 1 is 1.20 bits per heavy atom. The minimum Gasteiger partial charge on any atom is -0.314 e. The van der Waals surface area contributed by atoms with Gasteiger partial charge < -0.3 is 5.32 Å². The lowest BCUT2D eigenvalue weighted by Gasteiger charge is -2.31. The summed E-state index contributed by atoms with van der Waals surface area (Å²) in [5.74, 6) is 1.62. The smallest absolute Gasteiger partial charge is 0.123 e. The van der Waals surface area contributed by atoms with Crippen LogP contribution in [0.5, 0.6) is 0 Å². The van der Waals surface area contributed by atoms with Gasteiger partial charge in [-0.05, 0) is 80.7 Å². The first-order valence-electron chi connectivity index (χ1n) is 8.04. The minimum atomic E-state index is -0.133. The van der Waals surface area contributed by atoms with E-state index >= 15 is 0 Å². The molecular weight excluding hydrogens is 249 g/mol. The van der Waals surface area contributed by atoms with E-state index in [1.54, 1.807) is 12.1 Å². The summed E-state index contributed by atoms with van der Waals surface area (Å²) < 4.78 is 13.0. The van der Waals surface area contributed by atoms with Crippen LogP contribution in [0.3, 0.4) is 0 Å². The van der Waals surface area contributed by atoms with Gasteiger partial charge in [-0.3, -0.25) is 0 Å². The second-order valence-corrected chi connectivity index (χ2v) is 6.63. The Balaban J connectivity index is 1.71. The van der Waals surface area contributed by atoms with Gasteiger partial charge in [0, 0.05) is 6.04 Å². The molecule has 0 bridgehead atoms. The zero-order valence-corrected chi connectivity index (χ0v) is 13.1. The first kappa shape index (κ1) is 15.5. The van der Waals surface area contributed by atoms with Gasteiger partial charge in [-0.1, -0.05) is 19.9 Å². The SMILES string of the molecule is Cc1cc(F)ccc1CCNC1CCC(C(C)C)CC1. The lowest BCUT2D eigenvalue weighted by Crippen LogP contribution is -2.35. The van der Waals surface area contributed by atoms with E-state index in [-0.39, 0.29) is 5.82 Å². The van der Waals surface area contributed by atoms with Crippen molar-refractivity contribution < 1.29 is 4.39 Å². The van der Waals surface area contributed by atoms with E-state index in [1.165, 1.54) is 31.2 Å². The molecule has 0 radical (unpaired) electrons. The molecule has 0 spiro atoms. The molecule has 1 saturated carbocycles. The van der Waals surface area contributed by atoms with E-state index in [2.05, 4.69) is 19.2 Å². The number of hydrogen-bond acceptors (Lipinski definition) is 1. The molecule has 112 valence electrons. The van der Waals surface area contributed by atoms with Gasteiger partial charge in [-0.25, -0.2) is 4.39 Å². The van der Waals surface area contributed by atoms with Crippen molar-refractivity contribution in [3.05, 3.63) is 35.1 Å². The number of aryl methyl sites for hydroxylation is 1. The van der Waals surface area contributed by atoms with Crippen molar-refractivity contribution in [1.82, 2.24) is 5.32 Å². The summed E-state index contributed by atoms with van der Waals surface area (Å²) in [6, 6.07) is 5.80. The van der Waals surface area contributed by atoms with Crippen LogP contribution in [0.15, 0.2) is 18.2 Å².